The first-order valence-corrected chi connectivity index (χ1v) is 10.6. The standard InChI is InChI=1S/C26H23FN2O3/c1-15-13-16(2)22(17(3)14-15)28-25(30)21-23(18-9-11-19(27)12-10-18)29(32-24(21)26(28)31)20-7-5-4-6-8-20/h4-14,21,23-24H,1-3H3/t21-,23+,24+/m0/s1. The monoisotopic (exact) mass is 430 g/mol. The predicted molar refractivity (Wildman–Crippen MR) is 120 cm³/mol. The molecule has 0 aliphatic carbocycles. The molecule has 2 fully saturated rings. The minimum absolute atomic E-state index is 0.303. The minimum Gasteiger partial charge on any atom is -0.273 e. The number of fused-ring (bicyclic) bond motifs is 1. The van der Waals surface area contributed by atoms with Crippen molar-refractivity contribution in [3.8, 4) is 0 Å². The number of anilines is 2. The van der Waals surface area contributed by atoms with Crippen molar-refractivity contribution in [3.05, 3.63) is 94.8 Å². The van der Waals surface area contributed by atoms with Crippen LogP contribution in [0, 0.1) is 32.5 Å². The molecule has 6 heteroatoms. The summed E-state index contributed by atoms with van der Waals surface area (Å²) in [5.74, 6) is -1.78. The van der Waals surface area contributed by atoms with Gasteiger partial charge in [-0.1, -0.05) is 48.0 Å². The van der Waals surface area contributed by atoms with E-state index in [1.807, 2.05) is 63.2 Å². The van der Waals surface area contributed by atoms with Crippen LogP contribution in [0.2, 0.25) is 0 Å². The van der Waals surface area contributed by atoms with Gasteiger partial charge in [0.05, 0.1) is 17.4 Å². The van der Waals surface area contributed by atoms with Crippen molar-refractivity contribution in [2.24, 2.45) is 5.92 Å². The number of aryl methyl sites for hydroxylation is 3. The summed E-state index contributed by atoms with van der Waals surface area (Å²) in [5, 5.41) is 1.62. The third kappa shape index (κ3) is 3.10. The molecule has 0 bridgehead atoms. The van der Waals surface area contributed by atoms with Crippen molar-refractivity contribution in [2.75, 3.05) is 9.96 Å². The highest BCUT2D eigenvalue weighted by Gasteiger charge is 2.60. The fraction of sp³-hybridized carbons (Fsp3) is 0.231. The predicted octanol–water partition coefficient (Wildman–Crippen LogP) is 4.80. The maximum absolute atomic E-state index is 13.7. The van der Waals surface area contributed by atoms with Gasteiger partial charge in [-0.2, -0.15) is 0 Å². The zero-order valence-corrected chi connectivity index (χ0v) is 18.1. The van der Waals surface area contributed by atoms with E-state index in [2.05, 4.69) is 0 Å². The molecule has 5 nitrogen and oxygen atoms in total. The molecule has 2 heterocycles. The Bertz CT molecular complexity index is 1190. The number of benzene rings is 3. The third-order valence-corrected chi connectivity index (χ3v) is 6.20. The van der Waals surface area contributed by atoms with Crippen molar-refractivity contribution >= 4 is 23.2 Å². The number of nitrogens with zero attached hydrogens (tertiary/aromatic N) is 2. The van der Waals surface area contributed by atoms with Crippen molar-refractivity contribution in [1.82, 2.24) is 0 Å². The Morgan fingerprint density at radius 2 is 1.47 bits per heavy atom. The number of amides is 2. The van der Waals surface area contributed by atoms with Gasteiger partial charge in [0.1, 0.15) is 11.7 Å². The summed E-state index contributed by atoms with van der Waals surface area (Å²) in [5.41, 5.74) is 4.85. The number of hydroxylamine groups is 1. The van der Waals surface area contributed by atoms with E-state index < -0.39 is 18.1 Å². The molecule has 2 amide bonds. The molecule has 2 aliphatic rings. The third-order valence-electron chi connectivity index (χ3n) is 6.20. The molecular weight excluding hydrogens is 407 g/mol. The number of imide groups is 1. The van der Waals surface area contributed by atoms with Gasteiger partial charge in [-0.15, -0.1) is 0 Å². The van der Waals surface area contributed by atoms with E-state index in [4.69, 9.17) is 4.84 Å². The molecular formula is C26H23FN2O3. The Balaban J connectivity index is 1.61. The highest BCUT2D eigenvalue weighted by Crippen LogP contribution is 2.48. The zero-order chi connectivity index (χ0) is 22.6. The molecule has 0 radical (unpaired) electrons. The average molecular weight is 430 g/mol. The van der Waals surface area contributed by atoms with E-state index in [0.29, 0.717) is 11.3 Å². The topological polar surface area (TPSA) is 49.9 Å². The van der Waals surface area contributed by atoms with Gasteiger partial charge in [-0.05, 0) is 61.7 Å². The first-order valence-electron chi connectivity index (χ1n) is 10.6. The van der Waals surface area contributed by atoms with Crippen LogP contribution in [-0.2, 0) is 14.4 Å². The summed E-state index contributed by atoms with van der Waals surface area (Å²) in [6, 6.07) is 18.7. The summed E-state index contributed by atoms with van der Waals surface area (Å²) >= 11 is 0. The van der Waals surface area contributed by atoms with Crippen LogP contribution < -0.4 is 9.96 Å². The molecule has 3 aromatic rings. The smallest absolute Gasteiger partial charge is 0.266 e. The highest BCUT2D eigenvalue weighted by atomic mass is 19.1. The summed E-state index contributed by atoms with van der Waals surface area (Å²) in [6.45, 7) is 5.79. The molecule has 3 aromatic carbocycles. The number of halogens is 1. The SMILES string of the molecule is Cc1cc(C)c(N2C(=O)[C@H]3[C@@H](c4ccc(F)cc4)N(c4ccccc4)O[C@H]3C2=O)c(C)c1. The Morgan fingerprint density at radius 1 is 0.844 bits per heavy atom. The van der Waals surface area contributed by atoms with E-state index in [1.165, 1.54) is 17.0 Å². The summed E-state index contributed by atoms with van der Waals surface area (Å²) < 4.78 is 13.6. The molecule has 5 rings (SSSR count). The van der Waals surface area contributed by atoms with Crippen LogP contribution in [0.25, 0.3) is 0 Å². The number of hydrogen-bond donors (Lipinski definition) is 0. The molecule has 162 valence electrons. The lowest BCUT2D eigenvalue weighted by molar-refractivity contribution is -0.126. The lowest BCUT2D eigenvalue weighted by atomic mass is 9.90. The van der Waals surface area contributed by atoms with Gasteiger partial charge in [0, 0.05) is 0 Å². The van der Waals surface area contributed by atoms with Crippen LogP contribution in [0.3, 0.4) is 0 Å². The van der Waals surface area contributed by atoms with Crippen LogP contribution in [0.1, 0.15) is 28.3 Å². The number of hydrogen-bond acceptors (Lipinski definition) is 4. The van der Waals surface area contributed by atoms with Gasteiger partial charge in [0.2, 0.25) is 5.91 Å². The van der Waals surface area contributed by atoms with E-state index in [1.54, 1.807) is 17.2 Å². The van der Waals surface area contributed by atoms with E-state index in [-0.39, 0.29) is 17.6 Å². The van der Waals surface area contributed by atoms with Gasteiger partial charge < -0.3 is 0 Å². The van der Waals surface area contributed by atoms with Crippen molar-refractivity contribution in [3.63, 3.8) is 0 Å². The number of para-hydroxylation sites is 1. The van der Waals surface area contributed by atoms with E-state index in [0.717, 1.165) is 22.4 Å². The van der Waals surface area contributed by atoms with Gasteiger partial charge in [-0.25, -0.2) is 14.4 Å². The fourth-order valence-electron chi connectivity index (χ4n) is 4.96. The molecule has 2 aliphatic heterocycles. The second-order valence-corrected chi connectivity index (χ2v) is 8.47. The lowest BCUT2D eigenvalue weighted by Gasteiger charge is -2.29. The van der Waals surface area contributed by atoms with Crippen LogP contribution in [-0.4, -0.2) is 17.9 Å². The lowest BCUT2D eigenvalue weighted by Crippen LogP contribution is -2.38. The van der Waals surface area contributed by atoms with Gasteiger partial charge in [0.15, 0.2) is 6.10 Å². The van der Waals surface area contributed by atoms with Crippen molar-refractivity contribution in [1.29, 1.82) is 0 Å². The molecule has 0 N–H and O–H groups in total. The largest absolute Gasteiger partial charge is 0.273 e. The Hall–Kier alpha value is -3.51. The molecule has 0 saturated carbocycles. The Labute approximate surface area is 186 Å². The van der Waals surface area contributed by atoms with E-state index in [9.17, 15) is 14.0 Å². The Morgan fingerprint density at radius 3 is 2.09 bits per heavy atom. The molecule has 3 atom stereocenters. The van der Waals surface area contributed by atoms with Crippen LogP contribution in [0.5, 0.6) is 0 Å². The number of rotatable bonds is 3. The molecule has 2 saturated heterocycles. The van der Waals surface area contributed by atoms with E-state index >= 15 is 0 Å². The summed E-state index contributed by atoms with van der Waals surface area (Å²) in [4.78, 5) is 34.6. The number of carbonyl (C=O) groups excluding carboxylic acids is 2. The summed E-state index contributed by atoms with van der Waals surface area (Å²) in [6.07, 6.45) is -0.946. The minimum atomic E-state index is -0.946. The summed E-state index contributed by atoms with van der Waals surface area (Å²) in [7, 11) is 0. The van der Waals surface area contributed by atoms with Gasteiger partial charge >= 0.3 is 0 Å². The Kier molecular flexibility index (Phi) is 4.82. The molecule has 0 spiro atoms. The van der Waals surface area contributed by atoms with Crippen molar-refractivity contribution in [2.45, 2.75) is 32.9 Å². The maximum atomic E-state index is 13.7. The van der Waals surface area contributed by atoms with Gasteiger partial charge in [0.25, 0.3) is 5.91 Å². The van der Waals surface area contributed by atoms with Crippen LogP contribution in [0.4, 0.5) is 15.8 Å². The molecule has 0 aromatic heterocycles. The normalized spacial score (nSPS) is 22.6. The second-order valence-electron chi connectivity index (χ2n) is 8.47. The van der Waals surface area contributed by atoms with Crippen LogP contribution in [0.15, 0.2) is 66.7 Å². The fourth-order valence-corrected chi connectivity index (χ4v) is 4.96. The zero-order valence-electron chi connectivity index (χ0n) is 18.1. The quantitative estimate of drug-likeness (QED) is 0.560. The molecule has 32 heavy (non-hydrogen) atoms. The first kappa shape index (κ1) is 20.4. The van der Waals surface area contributed by atoms with Crippen LogP contribution >= 0.6 is 0 Å². The average Bonchev–Trinajstić information content (AvgIpc) is 3.26. The first-order chi connectivity index (χ1) is 15.4. The highest BCUT2D eigenvalue weighted by molar-refractivity contribution is 6.24. The molecule has 0 unspecified atom stereocenters. The maximum Gasteiger partial charge on any atom is 0.266 e. The van der Waals surface area contributed by atoms with Crippen molar-refractivity contribution < 1.29 is 18.8 Å². The second kappa shape index (κ2) is 7.57. The van der Waals surface area contributed by atoms with Gasteiger partial charge in [-0.3, -0.25) is 14.4 Å². The number of carbonyl (C=O) groups is 2.